The second-order valence-electron chi connectivity index (χ2n) is 10.1. The summed E-state index contributed by atoms with van der Waals surface area (Å²) in [4.78, 5) is 49.3. The summed E-state index contributed by atoms with van der Waals surface area (Å²) in [5.41, 5.74) is 0.831. The summed E-state index contributed by atoms with van der Waals surface area (Å²) in [6, 6.07) is 0. The molecule has 34 heavy (non-hydrogen) atoms. The van der Waals surface area contributed by atoms with Crippen molar-refractivity contribution in [1.29, 1.82) is 0 Å². The van der Waals surface area contributed by atoms with Crippen LogP contribution in [0.15, 0.2) is 23.8 Å². The van der Waals surface area contributed by atoms with Gasteiger partial charge in [0.15, 0.2) is 0 Å². The van der Waals surface area contributed by atoms with Gasteiger partial charge in [0.05, 0.1) is 17.3 Å². The number of esters is 4. The maximum Gasteiger partial charge on any atom is 0.309 e. The fraction of sp³-hybridized carbons (Fsp3) is 0.692. The Morgan fingerprint density at radius 3 is 2.06 bits per heavy atom. The molecule has 8 heteroatoms. The first kappa shape index (κ1) is 26.0. The minimum atomic E-state index is -0.944. The first-order chi connectivity index (χ1) is 15.9. The lowest BCUT2D eigenvalue weighted by Crippen LogP contribution is -2.60. The van der Waals surface area contributed by atoms with Crippen LogP contribution in [0.4, 0.5) is 0 Å². The van der Waals surface area contributed by atoms with E-state index in [1.807, 2.05) is 19.9 Å². The second kappa shape index (κ2) is 9.92. The van der Waals surface area contributed by atoms with Crippen LogP contribution in [0.2, 0.25) is 0 Å². The Balaban J connectivity index is 2.26. The van der Waals surface area contributed by atoms with E-state index in [2.05, 4.69) is 6.58 Å². The molecule has 0 N–H and O–H groups in total. The van der Waals surface area contributed by atoms with Crippen molar-refractivity contribution in [1.82, 2.24) is 0 Å². The molecule has 1 saturated heterocycles. The molecule has 0 aromatic carbocycles. The van der Waals surface area contributed by atoms with E-state index < -0.39 is 65.5 Å². The van der Waals surface area contributed by atoms with Gasteiger partial charge in [-0.05, 0) is 38.7 Å². The molecular formula is C26H36O8. The smallest absolute Gasteiger partial charge is 0.309 e. The lowest BCUT2D eigenvalue weighted by atomic mass is 9.55. The van der Waals surface area contributed by atoms with Gasteiger partial charge in [-0.2, -0.15) is 0 Å². The molecule has 0 bridgehead atoms. The Hall–Kier alpha value is -2.64. The zero-order valence-electron chi connectivity index (χ0n) is 20.9. The van der Waals surface area contributed by atoms with Crippen LogP contribution in [0.5, 0.6) is 0 Å². The summed E-state index contributed by atoms with van der Waals surface area (Å²) >= 11 is 0. The van der Waals surface area contributed by atoms with Gasteiger partial charge in [-0.1, -0.05) is 31.6 Å². The van der Waals surface area contributed by atoms with Gasteiger partial charge in [0, 0.05) is 26.7 Å². The molecule has 1 aliphatic heterocycles. The Morgan fingerprint density at radius 2 is 1.53 bits per heavy atom. The van der Waals surface area contributed by atoms with Crippen molar-refractivity contribution < 1.29 is 38.1 Å². The molecule has 8 nitrogen and oxygen atoms in total. The first-order valence-corrected chi connectivity index (χ1v) is 11.9. The standard InChI is InChI=1S/C26H36O8/c1-13-8-10-20(31-16(4)27)26(7)21(32-17(5)28)11-9-14(2)23(26)24(33-18(6)29)22-15(3)25(30)34-19(22)12-13/h12,15,19-24H,2,8-11H2,1,3-7H3/b13-12-/t15-,19+,20-,21?,22?,23-,24+,26+/m1/s1. The predicted molar refractivity (Wildman–Crippen MR) is 122 cm³/mol. The van der Waals surface area contributed by atoms with E-state index in [1.165, 1.54) is 20.8 Å². The molecule has 0 aromatic rings. The first-order valence-electron chi connectivity index (χ1n) is 11.9. The molecule has 0 spiro atoms. The van der Waals surface area contributed by atoms with Gasteiger partial charge >= 0.3 is 23.9 Å². The highest BCUT2D eigenvalue weighted by molar-refractivity contribution is 5.75. The van der Waals surface area contributed by atoms with Crippen molar-refractivity contribution in [2.75, 3.05) is 0 Å². The number of fused-ring (bicyclic) bond motifs is 2. The number of allylic oxidation sites excluding steroid dienone is 1. The Labute approximate surface area is 201 Å². The van der Waals surface area contributed by atoms with Crippen LogP contribution in [-0.2, 0) is 38.1 Å². The molecule has 0 aromatic heterocycles. The number of ether oxygens (including phenoxy) is 4. The number of carbonyl (C=O) groups is 4. The highest BCUT2D eigenvalue weighted by atomic mass is 16.6. The lowest BCUT2D eigenvalue weighted by Gasteiger charge is -2.54. The second-order valence-corrected chi connectivity index (χ2v) is 10.1. The van der Waals surface area contributed by atoms with Gasteiger partial charge in [0.25, 0.3) is 0 Å². The number of hydrogen-bond acceptors (Lipinski definition) is 8. The van der Waals surface area contributed by atoms with E-state index in [-0.39, 0.29) is 5.97 Å². The fourth-order valence-corrected chi connectivity index (χ4v) is 6.16. The van der Waals surface area contributed by atoms with E-state index in [0.29, 0.717) is 25.7 Å². The van der Waals surface area contributed by atoms with Gasteiger partial charge in [0.1, 0.15) is 24.4 Å². The van der Waals surface area contributed by atoms with Crippen LogP contribution in [0.3, 0.4) is 0 Å². The summed E-state index contributed by atoms with van der Waals surface area (Å²) in [6.07, 6.45) is 1.41. The Morgan fingerprint density at radius 1 is 1.00 bits per heavy atom. The van der Waals surface area contributed by atoms with Crippen molar-refractivity contribution >= 4 is 23.9 Å². The van der Waals surface area contributed by atoms with Crippen LogP contribution >= 0.6 is 0 Å². The Bertz CT molecular complexity index is 904. The molecule has 1 heterocycles. The quantitative estimate of drug-likeness (QED) is 0.345. The summed E-state index contributed by atoms with van der Waals surface area (Å²) in [5, 5.41) is 0. The SMILES string of the molecule is C=C1CCC(OC(C)=O)[C@@]2(C)[C@H]1[C@@H](OC(C)=O)C1[C@H](/C=C(/C)CC[C@H]2OC(C)=O)OC(=O)[C@@H]1C. The molecule has 0 amide bonds. The van der Waals surface area contributed by atoms with Crippen LogP contribution < -0.4 is 0 Å². The average Bonchev–Trinajstić information content (AvgIpc) is 2.98. The topological polar surface area (TPSA) is 105 Å². The molecule has 1 saturated carbocycles. The average molecular weight is 477 g/mol. The summed E-state index contributed by atoms with van der Waals surface area (Å²) in [6.45, 7) is 14.0. The molecule has 2 unspecified atom stereocenters. The molecule has 0 radical (unpaired) electrons. The summed E-state index contributed by atoms with van der Waals surface area (Å²) in [7, 11) is 0. The molecule has 3 rings (SSSR count). The molecule has 188 valence electrons. The van der Waals surface area contributed by atoms with E-state index in [0.717, 1.165) is 11.1 Å². The van der Waals surface area contributed by atoms with Crippen LogP contribution in [0.25, 0.3) is 0 Å². The third kappa shape index (κ3) is 4.91. The minimum absolute atomic E-state index is 0.355. The maximum absolute atomic E-state index is 12.7. The van der Waals surface area contributed by atoms with Gasteiger partial charge in [-0.25, -0.2) is 0 Å². The van der Waals surface area contributed by atoms with Crippen LogP contribution in [-0.4, -0.2) is 48.3 Å². The minimum Gasteiger partial charge on any atom is -0.462 e. The van der Waals surface area contributed by atoms with Crippen molar-refractivity contribution in [2.45, 2.75) is 91.6 Å². The molecular weight excluding hydrogens is 440 g/mol. The zero-order chi connectivity index (χ0) is 25.4. The predicted octanol–water partition coefficient (Wildman–Crippen LogP) is 3.67. The van der Waals surface area contributed by atoms with Gasteiger partial charge in [0.2, 0.25) is 0 Å². The normalized spacial score (nSPS) is 39.5. The number of carbonyl (C=O) groups excluding carboxylic acids is 4. The van der Waals surface area contributed by atoms with E-state index in [9.17, 15) is 19.2 Å². The third-order valence-electron chi connectivity index (χ3n) is 7.68. The zero-order valence-corrected chi connectivity index (χ0v) is 20.9. The summed E-state index contributed by atoms with van der Waals surface area (Å²) in [5.74, 6) is -3.28. The lowest BCUT2D eigenvalue weighted by molar-refractivity contribution is -0.198. The largest absolute Gasteiger partial charge is 0.462 e. The third-order valence-corrected chi connectivity index (χ3v) is 7.68. The van der Waals surface area contributed by atoms with E-state index >= 15 is 0 Å². The molecule has 2 fully saturated rings. The van der Waals surface area contributed by atoms with E-state index in [4.69, 9.17) is 18.9 Å². The van der Waals surface area contributed by atoms with Crippen molar-refractivity contribution in [2.24, 2.45) is 23.2 Å². The van der Waals surface area contributed by atoms with Gasteiger partial charge in [-0.15, -0.1) is 0 Å². The van der Waals surface area contributed by atoms with Crippen molar-refractivity contribution in [3.63, 3.8) is 0 Å². The number of rotatable bonds is 3. The maximum atomic E-state index is 12.7. The van der Waals surface area contributed by atoms with Crippen LogP contribution in [0.1, 0.15) is 67.2 Å². The van der Waals surface area contributed by atoms with E-state index in [1.54, 1.807) is 6.92 Å². The fourth-order valence-electron chi connectivity index (χ4n) is 6.16. The van der Waals surface area contributed by atoms with Gasteiger partial charge in [-0.3, -0.25) is 19.2 Å². The molecule has 3 aliphatic rings. The highest BCUT2D eigenvalue weighted by Crippen LogP contribution is 2.55. The molecule has 8 atom stereocenters. The summed E-state index contributed by atoms with van der Waals surface area (Å²) < 4.78 is 23.4. The number of hydrogen-bond donors (Lipinski definition) is 0. The monoisotopic (exact) mass is 476 g/mol. The Kier molecular flexibility index (Phi) is 7.58. The van der Waals surface area contributed by atoms with Crippen LogP contribution in [0, 0.1) is 23.2 Å². The van der Waals surface area contributed by atoms with Crippen molar-refractivity contribution in [3.05, 3.63) is 23.8 Å². The highest BCUT2D eigenvalue weighted by Gasteiger charge is 2.61. The molecule has 2 aliphatic carbocycles. The van der Waals surface area contributed by atoms with Crippen molar-refractivity contribution in [3.8, 4) is 0 Å². The van der Waals surface area contributed by atoms with Gasteiger partial charge < -0.3 is 18.9 Å².